The molecule has 0 saturated heterocycles. The Morgan fingerprint density at radius 1 is 1.35 bits per heavy atom. The molecular weight excluding hydrogens is 314 g/mol. The van der Waals surface area contributed by atoms with Crippen molar-refractivity contribution in [2.45, 2.75) is 51.5 Å². The first-order valence-electron chi connectivity index (χ1n) is 7.81. The molecule has 0 heterocycles. The van der Waals surface area contributed by atoms with Crippen molar-refractivity contribution in [1.29, 1.82) is 0 Å². The van der Waals surface area contributed by atoms with Gasteiger partial charge in [-0.25, -0.2) is 0 Å². The van der Waals surface area contributed by atoms with Crippen LogP contribution in [0.2, 0.25) is 0 Å². The summed E-state index contributed by atoms with van der Waals surface area (Å²) >= 11 is 3.53. The zero-order valence-electron chi connectivity index (χ0n) is 12.6. The van der Waals surface area contributed by atoms with E-state index in [1.54, 1.807) is 7.11 Å². The molecule has 0 bridgehead atoms. The van der Waals surface area contributed by atoms with E-state index in [2.05, 4.69) is 46.4 Å². The smallest absolute Gasteiger partial charge is 0.124 e. The minimum absolute atomic E-state index is 0.418. The Kier molecular flexibility index (Phi) is 6.37. The van der Waals surface area contributed by atoms with E-state index in [1.165, 1.54) is 44.1 Å². The van der Waals surface area contributed by atoms with E-state index in [4.69, 9.17) is 4.74 Å². The van der Waals surface area contributed by atoms with Crippen LogP contribution in [0.4, 0.5) is 0 Å². The Hall–Kier alpha value is -0.540. The summed E-state index contributed by atoms with van der Waals surface area (Å²) in [4.78, 5) is 0. The van der Waals surface area contributed by atoms with Crippen LogP contribution in [-0.2, 0) is 0 Å². The van der Waals surface area contributed by atoms with Crippen molar-refractivity contribution in [2.75, 3.05) is 13.7 Å². The molecular formula is C17H26BrNO. The minimum Gasteiger partial charge on any atom is -0.496 e. The lowest BCUT2D eigenvalue weighted by Gasteiger charge is -2.24. The molecule has 1 unspecified atom stereocenters. The molecule has 20 heavy (non-hydrogen) atoms. The SMILES string of the molecule is CCCNC(CC1CCCC1)c1ccc(Br)cc1OC. The molecule has 0 aliphatic heterocycles. The number of methoxy groups -OCH3 is 1. The zero-order valence-corrected chi connectivity index (χ0v) is 14.2. The van der Waals surface area contributed by atoms with Crippen LogP contribution >= 0.6 is 15.9 Å². The highest BCUT2D eigenvalue weighted by Crippen LogP contribution is 2.36. The van der Waals surface area contributed by atoms with E-state index >= 15 is 0 Å². The van der Waals surface area contributed by atoms with Gasteiger partial charge in [-0.15, -0.1) is 0 Å². The molecule has 0 amide bonds. The summed E-state index contributed by atoms with van der Waals surface area (Å²) in [6.07, 6.45) is 8.00. The molecule has 0 radical (unpaired) electrons. The van der Waals surface area contributed by atoms with Crippen LogP contribution in [0.15, 0.2) is 22.7 Å². The van der Waals surface area contributed by atoms with Gasteiger partial charge >= 0.3 is 0 Å². The maximum atomic E-state index is 5.58. The highest BCUT2D eigenvalue weighted by atomic mass is 79.9. The highest BCUT2D eigenvalue weighted by Gasteiger charge is 2.23. The predicted octanol–water partition coefficient (Wildman–Crippen LogP) is 5.08. The fraction of sp³-hybridized carbons (Fsp3) is 0.647. The summed E-state index contributed by atoms with van der Waals surface area (Å²) in [7, 11) is 1.76. The summed E-state index contributed by atoms with van der Waals surface area (Å²) in [5.74, 6) is 1.86. The van der Waals surface area contributed by atoms with Crippen LogP contribution in [-0.4, -0.2) is 13.7 Å². The normalized spacial score (nSPS) is 17.4. The molecule has 1 aliphatic carbocycles. The first-order chi connectivity index (χ1) is 9.74. The second-order valence-corrected chi connectivity index (χ2v) is 6.69. The van der Waals surface area contributed by atoms with E-state index in [1.807, 2.05) is 0 Å². The van der Waals surface area contributed by atoms with E-state index < -0.39 is 0 Å². The summed E-state index contributed by atoms with van der Waals surface area (Å²) in [5, 5.41) is 3.71. The molecule has 1 aromatic rings. The molecule has 3 heteroatoms. The number of halogens is 1. The average molecular weight is 340 g/mol. The van der Waals surface area contributed by atoms with Gasteiger partial charge in [-0.1, -0.05) is 54.6 Å². The first kappa shape index (κ1) is 15.8. The van der Waals surface area contributed by atoms with Gasteiger partial charge in [0.1, 0.15) is 5.75 Å². The topological polar surface area (TPSA) is 21.3 Å². The van der Waals surface area contributed by atoms with Gasteiger partial charge in [0.2, 0.25) is 0 Å². The van der Waals surface area contributed by atoms with Gasteiger partial charge in [0.15, 0.2) is 0 Å². The maximum absolute atomic E-state index is 5.58. The number of benzene rings is 1. The van der Waals surface area contributed by atoms with Crippen LogP contribution in [0.3, 0.4) is 0 Å². The van der Waals surface area contributed by atoms with Crippen LogP contribution in [0.1, 0.15) is 57.1 Å². The average Bonchev–Trinajstić information content (AvgIpc) is 2.96. The van der Waals surface area contributed by atoms with Crippen molar-refractivity contribution < 1.29 is 4.74 Å². The van der Waals surface area contributed by atoms with Crippen LogP contribution in [0, 0.1) is 5.92 Å². The highest BCUT2D eigenvalue weighted by molar-refractivity contribution is 9.10. The Bertz CT molecular complexity index is 415. The molecule has 1 fully saturated rings. The van der Waals surface area contributed by atoms with E-state index in [0.717, 1.165) is 22.7 Å². The van der Waals surface area contributed by atoms with Gasteiger partial charge < -0.3 is 10.1 Å². The van der Waals surface area contributed by atoms with Crippen molar-refractivity contribution in [2.24, 2.45) is 5.92 Å². The summed E-state index contributed by atoms with van der Waals surface area (Å²) in [6.45, 7) is 3.29. The summed E-state index contributed by atoms with van der Waals surface area (Å²) < 4.78 is 6.66. The standard InChI is InChI=1S/C17H26BrNO/c1-3-10-19-16(11-13-6-4-5-7-13)15-9-8-14(18)12-17(15)20-2/h8-9,12-13,16,19H,3-7,10-11H2,1-2H3. The van der Waals surface area contributed by atoms with Crippen LogP contribution in [0.25, 0.3) is 0 Å². The van der Waals surface area contributed by atoms with Crippen molar-refractivity contribution in [3.63, 3.8) is 0 Å². The maximum Gasteiger partial charge on any atom is 0.124 e. The number of hydrogen-bond acceptors (Lipinski definition) is 2. The van der Waals surface area contributed by atoms with Crippen LogP contribution in [0.5, 0.6) is 5.75 Å². The molecule has 1 aliphatic rings. The third-order valence-corrected chi connectivity index (χ3v) is 4.75. The fourth-order valence-electron chi connectivity index (χ4n) is 3.19. The van der Waals surface area contributed by atoms with Gasteiger partial charge in [-0.2, -0.15) is 0 Å². The van der Waals surface area contributed by atoms with Gasteiger partial charge in [0.05, 0.1) is 7.11 Å². The Balaban J connectivity index is 2.15. The Morgan fingerprint density at radius 3 is 2.75 bits per heavy atom. The van der Waals surface area contributed by atoms with Crippen molar-refractivity contribution in [3.8, 4) is 5.75 Å². The number of rotatable bonds is 7. The molecule has 2 rings (SSSR count). The van der Waals surface area contributed by atoms with E-state index in [9.17, 15) is 0 Å². The van der Waals surface area contributed by atoms with Crippen LogP contribution < -0.4 is 10.1 Å². The minimum atomic E-state index is 0.418. The lowest BCUT2D eigenvalue weighted by Crippen LogP contribution is -2.24. The fourth-order valence-corrected chi connectivity index (χ4v) is 3.53. The van der Waals surface area contributed by atoms with Gasteiger partial charge in [0.25, 0.3) is 0 Å². The van der Waals surface area contributed by atoms with Crippen molar-refractivity contribution in [3.05, 3.63) is 28.2 Å². The molecule has 112 valence electrons. The van der Waals surface area contributed by atoms with Gasteiger partial charge in [-0.05, 0) is 37.4 Å². The molecule has 1 saturated carbocycles. The van der Waals surface area contributed by atoms with E-state index in [0.29, 0.717) is 6.04 Å². The second kappa shape index (κ2) is 8.04. The largest absolute Gasteiger partial charge is 0.496 e. The molecule has 1 N–H and O–H groups in total. The summed E-state index contributed by atoms with van der Waals surface area (Å²) in [5.41, 5.74) is 1.30. The number of hydrogen-bond donors (Lipinski definition) is 1. The number of ether oxygens (including phenoxy) is 1. The molecule has 2 nitrogen and oxygen atoms in total. The third-order valence-electron chi connectivity index (χ3n) is 4.26. The number of nitrogens with one attached hydrogen (secondary N) is 1. The van der Waals surface area contributed by atoms with Crippen molar-refractivity contribution in [1.82, 2.24) is 5.32 Å². The third kappa shape index (κ3) is 4.23. The zero-order chi connectivity index (χ0) is 14.4. The monoisotopic (exact) mass is 339 g/mol. The lowest BCUT2D eigenvalue weighted by atomic mass is 9.93. The van der Waals surface area contributed by atoms with Gasteiger partial charge in [-0.3, -0.25) is 0 Å². The first-order valence-corrected chi connectivity index (χ1v) is 8.60. The van der Waals surface area contributed by atoms with Gasteiger partial charge in [0, 0.05) is 16.1 Å². The van der Waals surface area contributed by atoms with Crippen molar-refractivity contribution >= 4 is 15.9 Å². The molecule has 1 aromatic carbocycles. The quantitative estimate of drug-likeness (QED) is 0.747. The molecule has 1 atom stereocenters. The predicted molar refractivity (Wildman–Crippen MR) is 88.3 cm³/mol. The summed E-state index contributed by atoms with van der Waals surface area (Å²) in [6, 6.07) is 6.81. The molecule has 0 aromatic heterocycles. The van der Waals surface area contributed by atoms with E-state index in [-0.39, 0.29) is 0 Å². The second-order valence-electron chi connectivity index (χ2n) is 5.78. The molecule has 0 spiro atoms. The Labute approximate surface area is 131 Å². The Morgan fingerprint density at radius 2 is 2.10 bits per heavy atom. The lowest BCUT2D eigenvalue weighted by molar-refractivity contribution is 0.367.